The van der Waals surface area contributed by atoms with Crippen molar-refractivity contribution in [1.29, 1.82) is 0 Å². The largest absolute Gasteiger partial charge is 0.493 e. The van der Waals surface area contributed by atoms with E-state index in [0.717, 1.165) is 0 Å². The van der Waals surface area contributed by atoms with Crippen LogP contribution in [0.25, 0.3) is 0 Å². The van der Waals surface area contributed by atoms with Crippen molar-refractivity contribution in [2.45, 2.75) is 12.1 Å². The maximum absolute atomic E-state index is 9.84. The van der Waals surface area contributed by atoms with Crippen LogP contribution in [0.2, 0.25) is 0 Å². The Balaban J connectivity index is 2.33. The molecule has 1 aromatic carbocycles. The fourth-order valence-electron chi connectivity index (χ4n) is 1.66. The topological polar surface area (TPSA) is 80.2 Å². The molecule has 0 saturated heterocycles. The first kappa shape index (κ1) is 16.7. The number of aliphatic hydroxyl groups is 2. The van der Waals surface area contributed by atoms with Gasteiger partial charge in [0, 0.05) is 13.7 Å². The van der Waals surface area contributed by atoms with Crippen LogP contribution in [0.3, 0.4) is 0 Å². The minimum atomic E-state index is -0.689. The van der Waals surface area contributed by atoms with Gasteiger partial charge in [0.25, 0.3) is 0 Å². The molecule has 2 unspecified atom stereocenters. The SMILES string of the molecule is COCC(CO)NCC(O)COc1ccccc1OC. The van der Waals surface area contributed by atoms with Gasteiger partial charge in [0.05, 0.1) is 26.4 Å². The zero-order valence-electron chi connectivity index (χ0n) is 11.9. The smallest absolute Gasteiger partial charge is 0.161 e. The van der Waals surface area contributed by atoms with Crippen LogP contribution in [0.1, 0.15) is 0 Å². The van der Waals surface area contributed by atoms with Crippen LogP contribution in [0, 0.1) is 0 Å². The second-order valence-corrected chi connectivity index (χ2v) is 4.36. The molecule has 20 heavy (non-hydrogen) atoms. The van der Waals surface area contributed by atoms with E-state index >= 15 is 0 Å². The Morgan fingerprint density at radius 2 is 1.85 bits per heavy atom. The van der Waals surface area contributed by atoms with Gasteiger partial charge in [-0.05, 0) is 12.1 Å². The number of ether oxygens (including phenoxy) is 3. The van der Waals surface area contributed by atoms with E-state index in [-0.39, 0.29) is 19.3 Å². The predicted octanol–water partition coefficient (Wildman–Crippen LogP) is 0.0318. The highest BCUT2D eigenvalue weighted by Gasteiger charge is 2.11. The van der Waals surface area contributed by atoms with E-state index in [2.05, 4.69) is 5.32 Å². The molecule has 114 valence electrons. The lowest BCUT2D eigenvalue weighted by molar-refractivity contribution is 0.0845. The van der Waals surface area contributed by atoms with Gasteiger partial charge in [0.15, 0.2) is 11.5 Å². The molecule has 0 fully saturated rings. The third-order valence-corrected chi connectivity index (χ3v) is 2.73. The van der Waals surface area contributed by atoms with Gasteiger partial charge in [-0.2, -0.15) is 0 Å². The first-order valence-corrected chi connectivity index (χ1v) is 6.48. The number of methoxy groups -OCH3 is 2. The van der Waals surface area contributed by atoms with Gasteiger partial charge < -0.3 is 29.7 Å². The van der Waals surface area contributed by atoms with E-state index in [1.807, 2.05) is 12.1 Å². The van der Waals surface area contributed by atoms with Crippen molar-refractivity contribution in [3.05, 3.63) is 24.3 Å². The quantitative estimate of drug-likeness (QED) is 0.563. The molecule has 1 aromatic rings. The normalized spacial score (nSPS) is 13.8. The number of nitrogens with one attached hydrogen (secondary N) is 1. The minimum Gasteiger partial charge on any atom is -0.493 e. The molecular formula is C14H23NO5. The Kier molecular flexibility index (Phi) is 7.98. The molecular weight excluding hydrogens is 262 g/mol. The standard InChI is InChI=1S/C14H23NO5/c1-18-9-11(8-16)15-7-12(17)10-20-14-6-4-3-5-13(14)19-2/h3-6,11-12,15-17H,7-10H2,1-2H3. The molecule has 0 heterocycles. The summed E-state index contributed by atoms with van der Waals surface area (Å²) in [5.74, 6) is 1.21. The maximum Gasteiger partial charge on any atom is 0.161 e. The summed E-state index contributed by atoms with van der Waals surface area (Å²) in [6.07, 6.45) is -0.689. The molecule has 2 atom stereocenters. The first-order chi connectivity index (χ1) is 9.71. The fraction of sp³-hybridized carbons (Fsp3) is 0.571. The second-order valence-electron chi connectivity index (χ2n) is 4.36. The van der Waals surface area contributed by atoms with Crippen LogP contribution in [0.5, 0.6) is 11.5 Å². The van der Waals surface area contributed by atoms with Crippen molar-refractivity contribution in [2.24, 2.45) is 0 Å². The molecule has 0 amide bonds. The summed E-state index contributed by atoms with van der Waals surface area (Å²) in [5, 5.41) is 21.9. The lowest BCUT2D eigenvalue weighted by Gasteiger charge is -2.19. The van der Waals surface area contributed by atoms with Gasteiger partial charge in [-0.3, -0.25) is 0 Å². The Hall–Kier alpha value is -1.34. The zero-order valence-corrected chi connectivity index (χ0v) is 11.9. The first-order valence-electron chi connectivity index (χ1n) is 6.48. The molecule has 0 aliphatic rings. The van der Waals surface area contributed by atoms with E-state index in [1.54, 1.807) is 26.4 Å². The number of hydrogen-bond acceptors (Lipinski definition) is 6. The van der Waals surface area contributed by atoms with Crippen LogP contribution in [-0.4, -0.2) is 62.9 Å². The third kappa shape index (κ3) is 5.75. The monoisotopic (exact) mass is 285 g/mol. The highest BCUT2D eigenvalue weighted by Crippen LogP contribution is 2.25. The van der Waals surface area contributed by atoms with Crippen molar-refractivity contribution in [1.82, 2.24) is 5.32 Å². The Morgan fingerprint density at radius 3 is 2.45 bits per heavy atom. The van der Waals surface area contributed by atoms with Crippen molar-refractivity contribution >= 4 is 0 Å². The van der Waals surface area contributed by atoms with Gasteiger partial charge in [-0.15, -0.1) is 0 Å². The molecule has 0 aromatic heterocycles. The number of aliphatic hydroxyl groups excluding tert-OH is 2. The van der Waals surface area contributed by atoms with Crippen LogP contribution in [-0.2, 0) is 4.74 Å². The van der Waals surface area contributed by atoms with E-state index in [4.69, 9.17) is 19.3 Å². The molecule has 0 aliphatic heterocycles. The number of rotatable bonds is 10. The Labute approximate surface area is 119 Å². The van der Waals surface area contributed by atoms with Crippen LogP contribution >= 0.6 is 0 Å². The van der Waals surface area contributed by atoms with Crippen molar-refractivity contribution in [3.8, 4) is 11.5 Å². The Morgan fingerprint density at radius 1 is 1.15 bits per heavy atom. The molecule has 3 N–H and O–H groups in total. The van der Waals surface area contributed by atoms with Crippen LogP contribution in [0.4, 0.5) is 0 Å². The number of benzene rings is 1. The van der Waals surface area contributed by atoms with Crippen molar-refractivity contribution < 1.29 is 24.4 Å². The Bertz CT molecular complexity index is 374. The van der Waals surface area contributed by atoms with E-state index < -0.39 is 6.10 Å². The van der Waals surface area contributed by atoms with E-state index in [0.29, 0.717) is 24.7 Å². The summed E-state index contributed by atoms with van der Waals surface area (Å²) in [6.45, 7) is 0.784. The van der Waals surface area contributed by atoms with Crippen LogP contribution < -0.4 is 14.8 Å². The predicted molar refractivity (Wildman–Crippen MR) is 75.2 cm³/mol. The molecule has 0 radical (unpaired) electrons. The van der Waals surface area contributed by atoms with Crippen molar-refractivity contribution in [3.63, 3.8) is 0 Å². The van der Waals surface area contributed by atoms with Gasteiger partial charge in [-0.25, -0.2) is 0 Å². The van der Waals surface area contributed by atoms with Crippen molar-refractivity contribution in [2.75, 3.05) is 40.6 Å². The maximum atomic E-state index is 9.84. The van der Waals surface area contributed by atoms with Gasteiger partial charge in [-0.1, -0.05) is 12.1 Å². The average Bonchev–Trinajstić information content (AvgIpc) is 2.49. The molecule has 0 spiro atoms. The summed E-state index contributed by atoms with van der Waals surface area (Å²) in [4.78, 5) is 0. The molecule has 6 heteroatoms. The summed E-state index contributed by atoms with van der Waals surface area (Å²) in [6, 6.07) is 7.06. The fourth-order valence-corrected chi connectivity index (χ4v) is 1.66. The summed E-state index contributed by atoms with van der Waals surface area (Å²) in [7, 11) is 3.13. The molecule has 0 aliphatic carbocycles. The summed E-state index contributed by atoms with van der Waals surface area (Å²) in [5.41, 5.74) is 0. The minimum absolute atomic E-state index is 0.0477. The summed E-state index contributed by atoms with van der Waals surface area (Å²) < 4.78 is 15.6. The van der Waals surface area contributed by atoms with Gasteiger partial charge in [0.2, 0.25) is 0 Å². The number of hydrogen-bond donors (Lipinski definition) is 3. The highest BCUT2D eigenvalue weighted by atomic mass is 16.5. The average molecular weight is 285 g/mol. The second kappa shape index (κ2) is 9.55. The van der Waals surface area contributed by atoms with E-state index in [1.165, 1.54) is 0 Å². The number of para-hydroxylation sites is 2. The molecule has 0 bridgehead atoms. The molecule has 1 rings (SSSR count). The molecule has 0 saturated carbocycles. The zero-order chi connectivity index (χ0) is 14.8. The van der Waals surface area contributed by atoms with Gasteiger partial charge >= 0.3 is 0 Å². The molecule has 6 nitrogen and oxygen atoms in total. The third-order valence-electron chi connectivity index (χ3n) is 2.73. The summed E-state index contributed by atoms with van der Waals surface area (Å²) >= 11 is 0. The lowest BCUT2D eigenvalue weighted by atomic mass is 10.3. The van der Waals surface area contributed by atoms with Crippen LogP contribution in [0.15, 0.2) is 24.3 Å². The van der Waals surface area contributed by atoms with Gasteiger partial charge in [0.1, 0.15) is 12.7 Å². The van der Waals surface area contributed by atoms with E-state index in [9.17, 15) is 5.11 Å². The highest BCUT2D eigenvalue weighted by molar-refractivity contribution is 5.39. The lowest BCUT2D eigenvalue weighted by Crippen LogP contribution is -2.42.